The van der Waals surface area contributed by atoms with Crippen molar-refractivity contribution in [3.63, 3.8) is 0 Å². The maximum atomic E-state index is 10.5. The molecule has 5 nitrogen and oxygen atoms in total. The molecule has 0 atom stereocenters. The van der Waals surface area contributed by atoms with Crippen LogP contribution >= 0.6 is 0 Å². The number of nitrogens with one attached hydrogen (secondary N) is 1. The molecule has 1 amide bonds. The van der Waals surface area contributed by atoms with Gasteiger partial charge in [0.1, 0.15) is 11.6 Å². The Morgan fingerprint density at radius 3 is 3.29 bits per heavy atom. The van der Waals surface area contributed by atoms with Gasteiger partial charge in [-0.25, -0.2) is 9.78 Å². The molecule has 0 saturated heterocycles. The molecule has 1 aromatic heterocycles. The highest BCUT2D eigenvalue weighted by Crippen LogP contribution is 2.21. The van der Waals surface area contributed by atoms with Crippen LogP contribution in [0.4, 0.5) is 10.6 Å². The average molecular weight is 191 g/mol. The Bertz CT molecular complexity index is 401. The van der Waals surface area contributed by atoms with E-state index in [0.29, 0.717) is 12.2 Å². The Morgan fingerprint density at radius 2 is 2.50 bits per heavy atom. The highest BCUT2D eigenvalue weighted by molar-refractivity contribution is 5.66. The topological polar surface area (TPSA) is 77.2 Å². The van der Waals surface area contributed by atoms with Crippen molar-refractivity contribution in [1.82, 2.24) is 4.98 Å². The number of fused-ring (bicyclic) bond motifs is 1. The van der Waals surface area contributed by atoms with Crippen molar-refractivity contribution < 1.29 is 9.53 Å². The fourth-order valence-electron chi connectivity index (χ4n) is 1.29. The number of allylic oxidation sites excluding steroid dienone is 1. The number of pyridine rings is 1. The van der Waals surface area contributed by atoms with Gasteiger partial charge in [-0.2, -0.15) is 0 Å². The van der Waals surface area contributed by atoms with Crippen LogP contribution in [0.25, 0.3) is 0 Å². The Hall–Kier alpha value is -2.04. The second kappa shape index (κ2) is 3.37. The van der Waals surface area contributed by atoms with Crippen molar-refractivity contribution in [2.75, 3.05) is 5.32 Å². The number of nitrogens with two attached hydrogens (primary N) is 1. The monoisotopic (exact) mass is 191 g/mol. The van der Waals surface area contributed by atoms with E-state index >= 15 is 0 Å². The Balaban J connectivity index is 2.17. The summed E-state index contributed by atoms with van der Waals surface area (Å²) in [5, 5.41) is 2.91. The number of primary amides is 1. The van der Waals surface area contributed by atoms with Crippen LogP contribution in [0.3, 0.4) is 0 Å². The van der Waals surface area contributed by atoms with Gasteiger partial charge in [0.05, 0.1) is 0 Å². The first-order chi connectivity index (χ1) is 6.75. The first-order valence-corrected chi connectivity index (χ1v) is 4.12. The maximum absolute atomic E-state index is 10.5. The number of anilines is 1. The second-order valence-electron chi connectivity index (χ2n) is 2.86. The number of hydrogen-bond donors (Lipinski definition) is 2. The van der Waals surface area contributed by atoms with Crippen LogP contribution in [-0.4, -0.2) is 11.1 Å². The van der Waals surface area contributed by atoms with Crippen LogP contribution in [0.2, 0.25) is 0 Å². The van der Waals surface area contributed by atoms with Gasteiger partial charge in [-0.1, -0.05) is 6.07 Å². The number of nitrogens with zero attached hydrogens (tertiary/aromatic N) is 1. The molecular formula is C9H9N3O2. The van der Waals surface area contributed by atoms with Crippen molar-refractivity contribution in [1.29, 1.82) is 0 Å². The van der Waals surface area contributed by atoms with E-state index in [4.69, 9.17) is 10.5 Å². The summed E-state index contributed by atoms with van der Waals surface area (Å²) in [5.74, 6) is 1.28. The van der Waals surface area contributed by atoms with Gasteiger partial charge in [0.2, 0.25) is 0 Å². The van der Waals surface area contributed by atoms with Crippen molar-refractivity contribution in [2.24, 2.45) is 5.73 Å². The lowest BCUT2D eigenvalue weighted by atomic mass is 10.1. The molecule has 0 radical (unpaired) electrons. The van der Waals surface area contributed by atoms with Gasteiger partial charge in [-0.05, 0) is 6.07 Å². The Kier molecular flexibility index (Phi) is 2.06. The molecule has 0 unspecified atom stereocenters. The third kappa shape index (κ3) is 1.66. The summed E-state index contributed by atoms with van der Waals surface area (Å²) in [6.45, 7) is 0. The smallest absolute Gasteiger partial charge is 0.409 e. The molecule has 0 bridgehead atoms. The van der Waals surface area contributed by atoms with E-state index in [9.17, 15) is 4.79 Å². The minimum Gasteiger partial charge on any atom is -0.413 e. The van der Waals surface area contributed by atoms with Crippen molar-refractivity contribution >= 4 is 11.9 Å². The van der Waals surface area contributed by atoms with Gasteiger partial charge >= 0.3 is 6.09 Å². The second-order valence-corrected chi connectivity index (χ2v) is 2.86. The molecular weight excluding hydrogens is 182 g/mol. The summed E-state index contributed by atoms with van der Waals surface area (Å²) >= 11 is 0. The van der Waals surface area contributed by atoms with Crippen LogP contribution in [0.5, 0.6) is 0 Å². The predicted octanol–water partition coefficient (Wildman–Crippen LogP) is 0.986. The average Bonchev–Trinajstić information content (AvgIpc) is 2.17. The standard InChI is InChI=1S/C9H9N3O2/c10-9(13)14-7-4-6-2-1-3-11-8(6)12-5-7/h1-3,5H,4H2,(H2,10,13)(H,11,12). The highest BCUT2D eigenvalue weighted by atomic mass is 16.5. The summed E-state index contributed by atoms with van der Waals surface area (Å²) in [6, 6.07) is 3.74. The summed E-state index contributed by atoms with van der Waals surface area (Å²) in [6.07, 6.45) is 3.00. The molecule has 1 aromatic rings. The predicted molar refractivity (Wildman–Crippen MR) is 50.3 cm³/mol. The van der Waals surface area contributed by atoms with E-state index in [2.05, 4.69) is 10.3 Å². The highest BCUT2D eigenvalue weighted by Gasteiger charge is 2.13. The number of aromatic nitrogens is 1. The van der Waals surface area contributed by atoms with Crippen LogP contribution in [-0.2, 0) is 11.2 Å². The summed E-state index contributed by atoms with van der Waals surface area (Å²) in [4.78, 5) is 14.6. The number of carbonyl (C=O) groups is 1. The molecule has 5 heteroatoms. The summed E-state index contributed by atoms with van der Waals surface area (Å²) in [7, 11) is 0. The molecule has 14 heavy (non-hydrogen) atoms. The zero-order valence-corrected chi connectivity index (χ0v) is 7.36. The SMILES string of the molecule is NC(=O)OC1=CNc2ncccc2C1. The quantitative estimate of drug-likeness (QED) is 0.693. The molecule has 0 saturated carbocycles. The van der Waals surface area contributed by atoms with Gasteiger partial charge in [0.15, 0.2) is 0 Å². The zero-order chi connectivity index (χ0) is 9.97. The molecule has 72 valence electrons. The Labute approximate surface area is 80.6 Å². The van der Waals surface area contributed by atoms with E-state index in [-0.39, 0.29) is 0 Å². The van der Waals surface area contributed by atoms with Gasteiger partial charge in [-0.15, -0.1) is 0 Å². The van der Waals surface area contributed by atoms with Gasteiger partial charge in [-0.3, -0.25) is 0 Å². The molecule has 2 heterocycles. The Morgan fingerprint density at radius 1 is 1.64 bits per heavy atom. The van der Waals surface area contributed by atoms with Crippen LogP contribution < -0.4 is 11.1 Å². The molecule has 0 fully saturated rings. The van der Waals surface area contributed by atoms with E-state index < -0.39 is 6.09 Å². The normalized spacial score (nSPS) is 13.6. The molecule has 0 aliphatic carbocycles. The van der Waals surface area contributed by atoms with Crippen molar-refractivity contribution in [2.45, 2.75) is 6.42 Å². The van der Waals surface area contributed by atoms with Crippen LogP contribution in [0, 0.1) is 0 Å². The van der Waals surface area contributed by atoms with E-state index in [1.165, 1.54) is 0 Å². The van der Waals surface area contributed by atoms with Gasteiger partial charge in [0, 0.05) is 24.4 Å². The molecule has 3 N–H and O–H groups in total. The number of amides is 1. The number of hydrogen-bond acceptors (Lipinski definition) is 4. The van der Waals surface area contributed by atoms with Crippen LogP contribution in [0.15, 0.2) is 30.3 Å². The fraction of sp³-hybridized carbons (Fsp3) is 0.111. The molecule has 1 aliphatic rings. The maximum Gasteiger partial charge on any atom is 0.409 e. The number of ether oxygens (including phenoxy) is 1. The molecule has 1 aliphatic heterocycles. The van der Waals surface area contributed by atoms with E-state index in [1.807, 2.05) is 12.1 Å². The van der Waals surface area contributed by atoms with Crippen LogP contribution in [0.1, 0.15) is 5.56 Å². The third-order valence-corrected chi connectivity index (χ3v) is 1.86. The van der Waals surface area contributed by atoms with Gasteiger partial charge in [0.25, 0.3) is 0 Å². The summed E-state index contributed by atoms with van der Waals surface area (Å²) in [5.41, 5.74) is 5.88. The lowest BCUT2D eigenvalue weighted by Crippen LogP contribution is -2.17. The van der Waals surface area contributed by atoms with Crippen molar-refractivity contribution in [3.8, 4) is 0 Å². The first-order valence-electron chi connectivity index (χ1n) is 4.12. The van der Waals surface area contributed by atoms with E-state index in [0.717, 1.165) is 11.4 Å². The minimum atomic E-state index is -0.801. The van der Waals surface area contributed by atoms with E-state index in [1.54, 1.807) is 12.4 Å². The number of rotatable bonds is 1. The molecule has 0 aromatic carbocycles. The minimum absolute atomic E-state index is 0.498. The molecule has 0 spiro atoms. The van der Waals surface area contributed by atoms with Gasteiger partial charge < -0.3 is 15.8 Å². The third-order valence-electron chi connectivity index (χ3n) is 1.86. The first kappa shape index (κ1) is 8.55. The van der Waals surface area contributed by atoms with Crippen molar-refractivity contribution in [3.05, 3.63) is 35.9 Å². The lowest BCUT2D eigenvalue weighted by Gasteiger charge is -2.15. The fourth-order valence-corrected chi connectivity index (χ4v) is 1.29. The molecule has 2 rings (SSSR count). The zero-order valence-electron chi connectivity index (χ0n) is 7.36. The largest absolute Gasteiger partial charge is 0.413 e. The lowest BCUT2D eigenvalue weighted by molar-refractivity contribution is 0.184. The summed E-state index contributed by atoms with van der Waals surface area (Å²) < 4.78 is 4.76. The number of carbonyl (C=O) groups excluding carboxylic acids is 1.